The number of hydrogen-bond donors (Lipinski definition) is 1. The number of aryl methyl sites for hydroxylation is 2. The molecule has 0 spiro atoms. The van der Waals surface area contributed by atoms with Gasteiger partial charge in [0.2, 0.25) is 11.8 Å². The number of anilines is 1. The van der Waals surface area contributed by atoms with Crippen LogP contribution < -0.4 is 9.62 Å². The third kappa shape index (κ3) is 7.45. The maximum atomic E-state index is 13.9. The number of amides is 2. The molecule has 9 heteroatoms. The molecule has 3 aromatic rings. The van der Waals surface area contributed by atoms with E-state index in [-0.39, 0.29) is 23.4 Å². The van der Waals surface area contributed by atoms with Gasteiger partial charge in [-0.05, 0) is 87.7 Å². The van der Waals surface area contributed by atoms with Crippen molar-refractivity contribution in [2.45, 2.75) is 58.1 Å². The van der Waals surface area contributed by atoms with Crippen LogP contribution in [-0.2, 0) is 26.2 Å². The first-order valence-corrected chi connectivity index (χ1v) is 14.6. The zero-order valence-corrected chi connectivity index (χ0v) is 24.7. The van der Waals surface area contributed by atoms with E-state index in [1.165, 1.54) is 17.0 Å². The fourth-order valence-electron chi connectivity index (χ4n) is 4.12. The number of halogens is 1. The summed E-state index contributed by atoms with van der Waals surface area (Å²) in [5.74, 6) is -0.799. The first-order chi connectivity index (χ1) is 17.9. The number of carbonyl (C=O) groups is 2. The van der Waals surface area contributed by atoms with Crippen LogP contribution in [0.5, 0.6) is 0 Å². The van der Waals surface area contributed by atoms with E-state index in [2.05, 4.69) is 21.2 Å². The first-order valence-electron chi connectivity index (χ1n) is 12.4. The Labute approximate surface area is 234 Å². The van der Waals surface area contributed by atoms with Crippen molar-refractivity contribution in [2.75, 3.05) is 10.8 Å². The van der Waals surface area contributed by atoms with Crippen molar-refractivity contribution in [1.82, 2.24) is 10.2 Å². The van der Waals surface area contributed by atoms with Crippen LogP contribution >= 0.6 is 15.9 Å². The molecule has 0 aliphatic heterocycles. The summed E-state index contributed by atoms with van der Waals surface area (Å²) in [5.41, 5.74) is 2.95. The summed E-state index contributed by atoms with van der Waals surface area (Å²) < 4.78 is 29.7. The number of nitrogens with zero attached hydrogens (tertiary/aromatic N) is 2. The van der Waals surface area contributed by atoms with Gasteiger partial charge in [-0.25, -0.2) is 8.42 Å². The second-order valence-electron chi connectivity index (χ2n) is 9.66. The molecule has 0 fully saturated rings. The Balaban J connectivity index is 2.05. The van der Waals surface area contributed by atoms with Crippen LogP contribution in [0.25, 0.3) is 0 Å². The fourth-order valence-corrected chi connectivity index (χ4v) is 5.80. The van der Waals surface area contributed by atoms with Crippen molar-refractivity contribution in [1.29, 1.82) is 0 Å². The van der Waals surface area contributed by atoms with Crippen LogP contribution in [0.4, 0.5) is 5.69 Å². The Morgan fingerprint density at radius 2 is 1.47 bits per heavy atom. The van der Waals surface area contributed by atoms with Gasteiger partial charge < -0.3 is 10.2 Å². The Morgan fingerprint density at radius 1 is 0.895 bits per heavy atom. The van der Waals surface area contributed by atoms with Crippen LogP contribution in [0.1, 0.15) is 37.5 Å². The predicted octanol–water partition coefficient (Wildman–Crippen LogP) is 5.20. The van der Waals surface area contributed by atoms with Crippen LogP contribution in [0.15, 0.2) is 82.2 Å². The summed E-state index contributed by atoms with van der Waals surface area (Å²) in [6.07, 6.45) is 0. The second-order valence-corrected chi connectivity index (χ2v) is 12.4. The van der Waals surface area contributed by atoms with Gasteiger partial charge in [0, 0.05) is 17.1 Å². The summed E-state index contributed by atoms with van der Waals surface area (Å²) >= 11 is 3.42. The minimum absolute atomic E-state index is 0.0806. The SMILES string of the molecule is Cc1cc(C)cc(N(CC(=O)N(Cc2ccc(Br)cc2)[C@H](C)C(=O)NC(C)C)S(=O)(=O)c2ccccc2)c1. The standard InChI is InChI=1S/C29H34BrN3O4S/c1-20(2)31-29(35)23(5)32(18-24-11-13-25(30)14-12-24)28(34)19-33(26-16-21(3)15-22(4)17-26)38(36,37)27-9-7-6-8-10-27/h6-17,20,23H,18-19H2,1-5H3,(H,31,35)/t23-/m1/s1. The zero-order valence-electron chi connectivity index (χ0n) is 22.3. The summed E-state index contributed by atoms with van der Waals surface area (Å²) in [4.78, 5) is 28.4. The topological polar surface area (TPSA) is 86.8 Å². The third-order valence-corrected chi connectivity index (χ3v) is 8.29. The van der Waals surface area contributed by atoms with Crippen molar-refractivity contribution >= 4 is 43.5 Å². The minimum Gasteiger partial charge on any atom is -0.352 e. The van der Waals surface area contributed by atoms with E-state index < -0.39 is 28.5 Å². The van der Waals surface area contributed by atoms with E-state index in [4.69, 9.17) is 0 Å². The Morgan fingerprint density at radius 3 is 2.03 bits per heavy atom. The number of sulfonamides is 1. The lowest BCUT2D eigenvalue weighted by molar-refractivity contribution is -0.139. The molecule has 1 N–H and O–H groups in total. The Kier molecular flexibility index (Phi) is 9.73. The van der Waals surface area contributed by atoms with E-state index in [0.717, 1.165) is 25.5 Å². The second kappa shape index (κ2) is 12.6. The molecular weight excluding hydrogens is 566 g/mol. The van der Waals surface area contributed by atoms with Gasteiger partial charge in [0.25, 0.3) is 10.0 Å². The van der Waals surface area contributed by atoms with Gasteiger partial charge >= 0.3 is 0 Å². The average molecular weight is 601 g/mol. The molecule has 202 valence electrons. The van der Waals surface area contributed by atoms with Crippen molar-refractivity contribution in [3.63, 3.8) is 0 Å². The number of carbonyl (C=O) groups excluding carboxylic acids is 2. The van der Waals surface area contributed by atoms with Crippen molar-refractivity contribution in [3.8, 4) is 0 Å². The number of hydrogen-bond acceptors (Lipinski definition) is 4. The highest BCUT2D eigenvalue weighted by atomic mass is 79.9. The van der Waals surface area contributed by atoms with Gasteiger partial charge in [0.15, 0.2) is 0 Å². The predicted molar refractivity (Wildman–Crippen MR) is 154 cm³/mol. The normalized spacial score (nSPS) is 12.2. The minimum atomic E-state index is -4.08. The van der Waals surface area contributed by atoms with E-state index in [1.807, 2.05) is 58.0 Å². The van der Waals surface area contributed by atoms with Gasteiger partial charge in [-0.2, -0.15) is 0 Å². The Bertz CT molecular complexity index is 1360. The molecule has 38 heavy (non-hydrogen) atoms. The first kappa shape index (κ1) is 29.4. The molecule has 0 aromatic heterocycles. The largest absolute Gasteiger partial charge is 0.352 e. The molecule has 0 saturated carbocycles. The molecule has 0 heterocycles. The summed E-state index contributed by atoms with van der Waals surface area (Å²) in [7, 11) is -4.08. The molecule has 0 aliphatic carbocycles. The van der Waals surface area contributed by atoms with Crippen molar-refractivity contribution in [3.05, 3.63) is 94.0 Å². The molecule has 7 nitrogen and oxygen atoms in total. The monoisotopic (exact) mass is 599 g/mol. The van der Waals surface area contributed by atoms with Gasteiger partial charge in [-0.1, -0.05) is 52.3 Å². The highest BCUT2D eigenvalue weighted by Gasteiger charge is 2.32. The number of rotatable bonds is 10. The lowest BCUT2D eigenvalue weighted by Gasteiger charge is -2.32. The fraction of sp³-hybridized carbons (Fsp3) is 0.310. The molecular formula is C29H34BrN3O4S. The molecule has 1 atom stereocenters. The van der Waals surface area contributed by atoms with Crippen LogP contribution in [0, 0.1) is 13.8 Å². The van der Waals surface area contributed by atoms with E-state index in [1.54, 1.807) is 37.3 Å². The third-order valence-electron chi connectivity index (χ3n) is 5.97. The molecule has 0 unspecified atom stereocenters. The molecule has 2 amide bonds. The van der Waals surface area contributed by atoms with Gasteiger partial charge in [0.05, 0.1) is 10.6 Å². The number of nitrogens with one attached hydrogen (secondary N) is 1. The molecule has 0 aliphatic rings. The van der Waals surface area contributed by atoms with E-state index in [9.17, 15) is 18.0 Å². The van der Waals surface area contributed by atoms with E-state index in [0.29, 0.717) is 5.69 Å². The van der Waals surface area contributed by atoms with Gasteiger partial charge in [-0.15, -0.1) is 0 Å². The number of benzene rings is 3. The van der Waals surface area contributed by atoms with Crippen molar-refractivity contribution in [2.24, 2.45) is 0 Å². The molecule has 3 aromatic carbocycles. The van der Waals surface area contributed by atoms with Crippen LogP contribution in [-0.4, -0.2) is 43.8 Å². The lowest BCUT2D eigenvalue weighted by atomic mass is 10.1. The van der Waals surface area contributed by atoms with Gasteiger partial charge in [-0.3, -0.25) is 13.9 Å². The maximum Gasteiger partial charge on any atom is 0.264 e. The average Bonchev–Trinajstić information content (AvgIpc) is 2.85. The highest BCUT2D eigenvalue weighted by Crippen LogP contribution is 2.26. The molecule has 0 bridgehead atoms. The molecule has 0 radical (unpaired) electrons. The van der Waals surface area contributed by atoms with Gasteiger partial charge in [0.1, 0.15) is 12.6 Å². The molecule has 3 rings (SSSR count). The smallest absolute Gasteiger partial charge is 0.264 e. The van der Waals surface area contributed by atoms with Crippen LogP contribution in [0.2, 0.25) is 0 Å². The zero-order chi connectivity index (χ0) is 28.0. The summed E-state index contributed by atoms with van der Waals surface area (Å²) in [6.45, 7) is 8.79. The van der Waals surface area contributed by atoms with Crippen LogP contribution in [0.3, 0.4) is 0 Å². The summed E-state index contributed by atoms with van der Waals surface area (Å²) in [5, 5.41) is 2.86. The Hall–Kier alpha value is -3.17. The summed E-state index contributed by atoms with van der Waals surface area (Å²) in [6, 6.07) is 20.0. The molecule has 0 saturated heterocycles. The van der Waals surface area contributed by atoms with Crippen molar-refractivity contribution < 1.29 is 18.0 Å². The quantitative estimate of drug-likeness (QED) is 0.347. The lowest BCUT2D eigenvalue weighted by Crippen LogP contribution is -2.52. The maximum absolute atomic E-state index is 13.9. The van der Waals surface area contributed by atoms with E-state index >= 15 is 0 Å². The highest BCUT2D eigenvalue weighted by molar-refractivity contribution is 9.10.